The maximum atomic E-state index is 13.0. The molecular formula is C14H12N2O10S2. The summed E-state index contributed by atoms with van der Waals surface area (Å²) in [5.41, 5.74) is 7.19. The lowest BCUT2D eigenvalue weighted by molar-refractivity contribution is 0.0959. The van der Waals surface area contributed by atoms with E-state index in [1.807, 2.05) is 0 Å². The molecule has 14 heteroatoms. The number of hydrogen-bond acceptors (Lipinski definition) is 10. The summed E-state index contributed by atoms with van der Waals surface area (Å²) in [4.78, 5) is 22.2. The molecule has 0 spiro atoms. The summed E-state index contributed by atoms with van der Waals surface area (Å²) in [7, 11) is -11.1. The molecule has 2 aliphatic rings. The lowest BCUT2D eigenvalue weighted by Crippen LogP contribution is -2.63. The minimum Gasteiger partial charge on any atom is -0.507 e. The summed E-state index contributed by atoms with van der Waals surface area (Å²) < 4.78 is 66.3. The Balaban J connectivity index is 2.52. The van der Waals surface area contributed by atoms with Crippen molar-refractivity contribution in [3.8, 4) is 5.75 Å². The first kappa shape index (κ1) is 20.0. The molecule has 0 saturated heterocycles. The van der Waals surface area contributed by atoms with E-state index < -0.39 is 75.7 Å². The molecule has 0 saturated carbocycles. The van der Waals surface area contributed by atoms with Gasteiger partial charge in [-0.25, -0.2) is 0 Å². The fourth-order valence-corrected chi connectivity index (χ4v) is 5.66. The van der Waals surface area contributed by atoms with Crippen molar-refractivity contribution in [2.24, 2.45) is 5.73 Å². The second kappa shape index (κ2) is 5.62. The molecule has 0 fully saturated rings. The van der Waals surface area contributed by atoms with Crippen LogP contribution in [-0.2, 0) is 20.2 Å². The summed E-state index contributed by atoms with van der Waals surface area (Å²) in [6, 6.07) is 1.98. The van der Waals surface area contributed by atoms with Gasteiger partial charge in [-0.2, -0.15) is 16.8 Å². The zero-order valence-electron chi connectivity index (χ0n) is 13.5. The molecule has 3 rings (SSSR count). The topological polar surface area (TPSA) is 235 Å². The van der Waals surface area contributed by atoms with Crippen LogP contribution in [0.15, 0.2) is 35.1 Å². The quantitative estimate of drug-likeness (QED) is 0.186. The van der Waals surface area contributed by atoms with Crippen molar-refractivity contribution < 1.29 is 45.7 Å². The summed E-state index contributed by atoms with van der Waals surface area (Å²) in [5, 5.41) is 17.4. The number of phenols is 1. The van der Waals surface area contributed by atoms with E-state index in [-0.39, 0.29) is 11.8 Å². The number of aliphatic hydroxyl groups is 1. The molecule has 0 amide bonds. The Morgan fingerprint density at radius 1 is 0.964 bits per heavy atom. The summed E-state index contributed by atoms with van der Waals surface area (Å²) in [6.07, 6.45) is 0.205. The summed E-state index contributed by atoms with van der Waals surface area (Å²) >= 11 is 0. The van der Waals surface area contributed by atoms with E-state index in [4.69, 9.17) is 11.5 Å². The van der Waals surface area contributed by atoms with E-state index in [1.54, 1.807) is 0 Å². The zero-order chi connectivity index (χ0) is 21.4. The predicted octanol–water partition coefficient (Wildman–Crippen LogP) is -1.10. The standard InChI is InChI=1S/C14H12N2O10S2/c15-4-1-2-5(17)9-8(4)12(19)10-6(18)3-7(27(21,22)23)14(16,28(24,25)26)11(10)13(9)20/h1-3,7,17-18H,15-16H2,(H,21,22,23)(H,24,25,26). The van der Waals surface area contributed by atoms with E-state index in [1.165, 1.54) is 0 Å². The van der Waals surface area contributed by atoms with E-state index in [9.17, 15) is 45.7 Å². The van der Waals surface area contributed by atoms with E-state index in [0.29, 0.717) is 0 Å². The molecule has 2 aliphatic carbocycles. The normalized spacial score (nSPS) is 25.2. The molecule has 28 heavy (non-hydrogen) atoms. The Labute approximate surface area is 157 Å². The van der Waals surface area contributed by atoms with Crippen LogP contribution in [0.5, 0.6) is 5.75 Å². The molecule has 0 heterocycles. The Kier molecular flexibility index (Phi) is 4.01. The zero-order valence-corrected chi connectivity index (χ0v) is 15.2. The minimum absolute atomic E-state index is 0.205. The number of phenolic OH excluding ortho intramolecular Hbond substituents is 1. The second-order valence-electron chi connectivity index (χ2n) is 6.09. The van der Waals surface area contributed by atoms with Crippen molar-refractivity contribution in [2.75, 3.05) is 5.73 Å². The van der Waals surface area contributed by atoms with Gasteiger partial charge in [-0.3, -0.25) is 18.7 Å². The highest BCUT2D eigenvalue weighted by Gasteiger charge is 2.62. The van der Waals surface area contributed by atoms with Crippen LogP contribution < -0.4 is 11.5 Å². The Bertz CT molecular complexity index is 1240. The Morgan fingerprint density at radius 3 is 2.04 bits per heavy atom. The maximum Gasteiger partial charge on any atom is 0.290 e. The number of carbonyl (C=O) groups is 2. The number of ketones is 2. The lowest BCUT2D eigenvalue weighted by atomic mass is 9.76. The van der Waals surface area contributed by atoms with Gasteiger partial charge in [0, 0.05) is 5.69 Å². The van der Waals surface area contributed by atoms with Crippen molar-refractivity contribution >= 4 is 37.5 Å². The number of benzene rings is 1. The van der Waals surface area contributed by atoms with Crippen LogP contribution in [0.1, 0.15) is 20.7 Å². The van der Waals surface area contributed by atoms with Crippen molar-refractivity contribution in [1.29, 1.82) is 0 Å². The van der Waals surface area contributed by atoms with Crippen LogP contribution >= 0.6 is 0 Å². The molecule has 8 N–H and O–H groups in total. The third kappa shape index (κ3) is 2.39. The highest BCUT2D eigenvalue weighted by Crippen LogP contribution is 2.46. The van der Waals surface area contributed by atoms with Gasteiger partial charge in [-0.1, -0.05) is 0 Å². The lowest BCUT2D eigenvalue weighted by Gasteiger charge is -2.38. The molecule has 1 aromatic rings. The fourth-order valence-electron chi connectivity index (χ4n) is 3.25. The van der Waals surface area contributed by atoms with E-state index in [0.717, 1.165) is 12.1 Å². The second-order valence-corrected chi connectivity index (χ2v) is 9.25. The number of Topliss-reactive ketones (excluding diaryl/α,β-unsaturated/α-hetero) is 2. The molecule has 0 radical (unpaired) electrons. The van der Waals surface area contributed by atoms with Gasteiger partial charge >= 0.3 is 0 Å². The van der Waals surface area contributed by atoms with Gasteiger partial charge < -0.3 is 21.7 Å². The van der Waals surface area contributed by atoms with Gasteiger partial charge in [0.15, 0.2) is 16.4 Å². The third-order valence-electron chi connectivity index (χ3n) is 4.50. The van der Waals surface area contributed by atoms with Crippen LogP contribution in [-0.4, -0.2) is 57.8 Å². The average Bonchev–Trinajstić information content (AvgIpc) is 2.54. The molecule has 0 aliphatic heterocycles. The first-order valence-electron chi connectivity index (χ1n) is 7.23. The van der Waals surface area contributed by atoms with E-state index >= 15 is 0 Å². The third-order valence-corrected chi connectivity index (χ3v) is 7.11. The van der Waals surface area contributed by atoms with Crippen LogP contribution in [0.2, 0.25) is 0 Å². The van der Waals surface area contributed by atoms with E-state index in [2.05, 4.69) is 0 Å². The van der Waals surface area contributed by atoms with Gasteiger partial charge in [0.25, 0.3) is 20.2 Å². The van der Waals surface area contributed by atoms with Crippen LogP contribution in [0.25, 0.3) is 0 Å². The van der Waals surface area contributed by atoms with Crippen molar-refractivity contribution in [3.63, 3.8) is 0 Å². The first-order valence-corrected chi connectivity index (χ1v) is 10.2. The number of aliphatic hydroxyl groups excluding tert-OH is 1. The van der Waals surface area contributed by atoms with Crippen molar-refractivity contribution in [3.05, 3.63) is 46.2 Å². The SMILES string of the molecule is Nc1ccc(O)c2c1C(=O)C1=C(C2=O)C(N)(S(=O)(=O)O)C(S(=O)(=O)O)C=C1O. The first-order chi connectivity index (χ1) is 12.6. The number of carbonyl (C=O) groups excluding carboxylic acids is 2. The highest BCUT2D eigenvalue weighted by atomic mass is 32.2. The fraction of sp³-hybridized carbons (Fsp3) is 0.143. The Hall–Kier alpha value is -2.78. The van der Waals surface area contributed by atoms with Gasteiger partial charge in [-0.05, 0) is 18.2 Å². The number of fused-ring (bicyclic) bond motifs is 1. The molecule has 0 bridgehead atoms. The number of hydrogen-bond donors (Lipinski definition) is 6. The molecule has 12 nitrogen and oxygen atoms in total. The van der Waals surface area contributed by atoms with Crippen molar-refractivity contribution in [1.82, 2.24) is 0 Å². The predicted molar refractivity (Wildman–Crippen MR) is 92.7 cm³/mol. The molecule has 2 atom stereocenters. The minimum atomic E-state index is -5.69. The number of rotatable bonds is 2. The molecular weight excluding hydrogens is 420 g/mol. The number of anilines is 1. The van der Waals surface area contributed by atoms with Crippen LogP contribution in [0.3, 0.4) is 0 Å². The smallest absolute Gasteiger partial charge is 0.290 e. The molecule has 1 aromatic carbocycles. The number of nitrogens with two attached hydrogens (primary N) is 2. The van der Waals surface area contributed by atoms with Crippen LogP contribution in [0.4, 0.5) is 5.69 Å². The highest BCUT2D eigenvalue weighted by molar-refractivity contribution is 7.91. The largest absolute Gasteiger partial charge is 0.507 e. The maximum absolute atomic E-state index is 13.0. The molecule has 0 aromatic heterocycles. The molecule has 150 valence electrons. The summed E-state index contributed by atoms with van der Waals surface area (Å²) in [5.74, 6) is -4.74. The van der Waals surface area contributed by atoms with Gasteiger partial charge in [0.2, 0.25) is 0 Å². The monoisotopic (exact) mass is 432 g/mol. The number of allylic oxidation sites excluding steroid dienone is 1. The van der Waals surface area contributed by atoms with Gasteiger partial charge in [0.05, 0.1) is 22.3 Å². The van der Waals surface area contributed by atoms with Crippen molar-refractivity contribution in [2.45, 2.75) is 10.1 Å². The molecule has 2 unspecified atom stereocenters. The number of aromatic hydroxyl groups is 1. The number of nitrogen functional groups attached to an aromatic ring is 1. The Morgan fingerprint density at radius 2 is 1.54 bits per heavy atom. The average molecular weight is 432 g/mol. The van der Waals surface area contributed by atoms with Gasteiger partial charge in [0.1, 0.15) is 16.8 Å². The van der Waals surface area contributed by atoms with Gasteiger partial charge in [-0.15, -0.1) is 0 Å². The summed E-state index contributed by atoms with van der Waals surface area (Å²) in [6.45, 7) is 0. The van der Waals surface area contributed by atoms with Crippen LogP contribution in [0, 0.1) is 0 Å².